The molecule has 1 aromatic carbocycles. The lowest BCUT2D eigenvalue weighted by Crippen LogP contribution is -2.38. The summed E-state index contributed by atoms with van der Waals surface area (Å²) in [6.07, 6.45) is 1.71. The van der Waals surface area contributed by atoms with Crippen molar-refractivity contribution >= 4 is 31.9 Å². The largest absolute Gasteiger partial charge is 0.366 e. The Morgan fingerprint density at radius 1 is 1.35 bits per heavy atom. The lowest BCUT2D eigenvalue weighted by molar-refractivity contribution is 0.1000. The van der Waals surface area contributed by atoms with E-state index in [1.807, 2.05) is 0 Å². The van der Waals surface area contributed by atoms with Crippen LogP contribution in [0, 0.1) is 5.92 Å². The maximum Gasteiger partial charge on any atom is 0.248 e. The zero-order chi connectivity index (χ0) is 14.9. The Hall–Kier alpha value is -0.920. The highest BCUT2D eigenvalue weighted by Crippen LogP contribution is 2.29. The fourth-order valence-corrected chi connectivity index (χ4v) is 4.64. The van der Waals surface area contributed by atoms with Crippen molar-refractivity contribution in [2.75, 3.05) is 13.1 Å². The van der Waals surface area contributed by atoms with E-state index in [-0.39, 0.29) is 10.5 Å². The summed E-state index contributed by atoms with van der Waals surface area (Å²) in [5.41, 5.74) is 5.40. The summed E-state index contributed by atoms with van der Waals surface area (Å²) in [5.74, 6) is -0.0944. The molecule has 20 heavy (non-hydrogen) atoms. The molecule has 0 atom stereocenters. The molecule has 7 heteroatoms. The predicted molar refractivity (Wildman–Crippen MR) is 79.8 cm³/mol. The molecule has 1 fully saturated rings. The van der Waals surface area contributed by atoms with Gasteiger partial charge in [-0.2, -0.15) is 4.31 Å². The number of nitrogens with zero attached hydrogens (tertiary/aromatic N) is 1. The van der Waals surface area contributed by atoms with Gasteiger partial charge < -0.3 is 5.73 Å². The highest BCUT2D eigenvalue weighted by atomic mass is 79.9. The first kappa shape index (κ1) is 15.5. The van der Waals surface area contributed by atoms with Gasteiger partial charge in [-0.3, -0.25) is 4.79 Å². The van der Waals surface area contributed by atoms with Crippen LogP contribution in [-0.2, 0) is 10.0 Å². The number of hydrogen-bond acceptors (Lipinski definition) is 3. The predicted octanol–water partition coefficient (Wildman–Crippen LogP) is 1.97. The number of carbonyl (C=O) groups is 1. The number of hydrogen-bond donors (Lipinski definition) is 1. The summed E-state index contributed by atoms with van der Waals surface area (Å²) < 4.78 is 27.2. The van der Waals surface area contributed by atoms with Crippen molar-refractivity contribution in [1.82, 2.24) is 4.31 Å². The lowest BCUT2D eigenvalue weighted by Gasteiger charge is -2.29. The molecule has 0 radical (unpaired) electrons. The normalized spacial score (nSPS) is 18.1. The Bertz CT molecular complexity index is 623. The molecule has 0 bridgehead atoms. The Balaban J connectivity index is 2.38. The van der Waals surface area contributed by atoms with Gasteiger partial charge in [0.25, 0.3) is 0 Å². The van der Waals surface area contributed by atoms with Gasteiger partial charge in [0.2, 0.25) is 15.9 Å². The zero-order valence-electron chi connectivity index (χ0n) is 11.2. The Morgan fingerprint density at radius 2 is 1.95 bits per heavy atom. The first-order chi connectivity index (χ1) is 9.32. The molecule has 1 aliphatic heterocycles. The van der Waals surface area contributed by atoms with E-state index in [0.717, 1.165) is 12.8 Å². The standard InChI is InChI=1S/C13H17BrN2O3S/c1-9-4-6-16(7-5-9)20(18,19)12-8-10(13(15)17)2-3-11(12)14/h2-3,8-9H,4-7H2,1H3,(H2,15,17). The Kier molecular flexibility index (Phi) is 4.51. The minimum absolute atomic E-state index is 0.100. The van der Waals surface area contributed by atoms with Crippen LogP contribution in [0.1, 0.15) is 30.1 Å². The number of carbonyl (C=O) groups excluding carboxylic acids is 1. The second kappa shape index (κ2) is 5.83. The highest BCUT2D eigenvalue weighted by Gasteiger charge is 2.30. The molecule has 0 spiro atoms. The van der Waals surface area contributed by atoms with Gasteiger partial charge in [-0.15, -0.1) is 0 Å². The second-order valence-corrected chi connectivity index (χ2v) is 7.86. The van der Waals surface area contributed by atoms with Gasteiger partial charge in [-0.25, -0.2) is 8.42 Å². The smallest absolute Gasteiger partial charge is 0.248 e. The topological polar surface area (TPSA) is 80.5 Å². The molecule has 1 aromatic rings. The third kappa shape index (κ3) is 3.05. The van der Waals surface area contributed by atoms with Crippen molar-refractivity contribution in [3.8, 4) is 0 Å². The van der Waals surface area contributed by atoms with Crippen LogP contribution in [0.3, 0.4) is 0 Å². The van der Waals surface area contributed by atoms with E-state index in [9.17, 15) is 13.2 Å². The monoisotopic (exact) mass is 360 g/mol. The van der Waals surface area contributed by atoms with Crippen molar-refractivity contribution in [1.29, 1.82) is 0 Å². The number of piperidine rings is 1. The number of benzene rings is 1. The summed E-state index contributed by atoms with van der Waals surface area (Å²) in [4.78, 5) is 11.3. The maximum absolute atomic E-state index is 12.6. The van der Waals surface area contributed by atoms with Gasteiger partial charge in [0.1, 0.15) is 0 Å². The minimum Gasteiger partial charge on any atom is -0.366 e. The second-order valence-electron chi connectivity index (χ2n) is 5.10. The van der Waals surface area contributed by atoms with E-state index in [0.29, 0.717) is 23.5 Å². The van der Waals surface area contributed by atoms with Crippen LogP contribution in [0.4, 0.5) is 0 Å². The molecule has 0 unspecified atom stereocenters. The Morgan fingerprint density at radius 3 is 2.50 bits per heavy atom. The quantitative estimate of drug-likeness (QED) is 0.894. The fraction of sp³-hybridized carbons (Fsp3) is 0.462. The summed E-state index contributed by atoms with van der Waals surface area (Å²) in [7, 11) is -3.59. The summed E-state index contributed by atoms with van der Waals surface area (Å²) >= 11 is 3.24. The molecule has 1 aliphatic rings. The van der Waals surface area contributed by atoms with Crippen molar-refractivity contribution in [2.24, 2.45) is 11.7 Å². The van der Waals surface area contributed by atoms with Crippen LogP contribution in [-0.4, -0.2) is 31.7 Å². The van der Waals surface area contributed by atoms with Crippen LogP contribution in [0.15, 0.2) is 27.6 Å². The molecule has 1 heterocycles. The van der Waals surface area contributed by atoms with E-state index >= 15 is 0 Å². The summed E-state index contributed by atoms with van der Waals surface area (Å²) in [6, 6.07) is 4.38. The molecular formula is C13H17BrN2O3S. The number of rotatable bonds is 3. The number of halogens is 1. The highest BCUT2D eigenvalue weighted by molar-refractivity contribution is 9.10. The summed E-state index contributed by atoms with van der Waals surface area (Å²) in [5, 5.41) is 0. The SMILES string of the molecule is CC1CCN(S(=O)(=O)c2cc(C(N)=O)ccc2Br)CC1. The van der Waals surface area contributed by atoms with Gasteiger partial charge in [-0.1, -0.05) is 6.92 Å². The van der Waals surface area contributed by atoms with Gasteiger partial charge >= 0.3 is 0 Å². The average molecular weight is 361 g/mol. The maximum atomic E-state index is 12.6. The molecule has 2 rings (SSSR count). The molecule has 1 amide bonds. The molecular weight excluding hydrogens is 344 g/mol. The van der Waals surface area contributed by atoms with Crippen molar-refractivity contribution < 1.29 is 13.2 Å². The van der Waals surface area contributed by atoms with Gasteiger partial charge in [0.05, 0.1) is 4.90 Å². The van der Waals surface area contributed by atoms with Crippen LogP contribution >= 0.6 is 15.9 Å². The zero-order valence-corrected chi connectivity index (χ0v) is 13.6. The third-order valence-electron chi connectivity index (χ3n) is 3.58. The molecule has 110 valence electrons. The van der Waals surface area contributed by atoms with Gasteiger partial charge in [0, 0.05) is 23.1 Å². The van der Waals surface area contributed by atoms with Crippen LogP contribution in [0.2, 0.25) is 0 Å². The van der Waals surface area contributed by atoms with Crippen LogP contribution < -0.4 is 5.73 Å². The fourth-order valence-electron chi connectivity index (χ4n) is 2.22. The molecule has 0 saturated carbocycles. The minimum atomic E-state index is -3.59. The molecule has 0 aliphatic carbocycles. The molecule has 5 nitrogen and oxygen atoms in total. The van der Waals surface area contributed by atoms with Gasteiger partial charge in [0.15, 0.2) is 0 Å². The summed E-state index contributed by atoms with van der Waals surface area (Å²) in [6.45, 7) is 3.14. The van der Waals surface area contributed by atoms with Crippen LogP contribution in [0.25, 0.3) is 0 Å². The van der Waals surface area contributed by atoms with Crippen molar-refractivity contribution in [3.05, 3.63) is 28.2 Å². The first-order valence-electron chi connectivity index (χ1n) is 6.42. The van der Waals surface area contributed by atoms with E-state index < -0.39 is 15.9 Å². The number of amides is 1. The van der Waals surface area contributed by atoms with Crippen LogP contribution in [0.5, 0.6) is 0 Å². The van der Waals surface area contributed by atoms with Gasteiger partial charge in [-0.05, 0) is 52.9 Å². The van der Waals surface area contributed by atoms with E-state index in [4.69, 9.17) is 5.73 Å². The molecule has 2 N–H and O–H groups in total. The number of sulfonamides is 1. The number of primary amides is 1. The Labute approximate surface area is 127 Å². The van der Waals surface area contributed by atoms with Crippen molar-refractivity contribution in [2.45, 2.75) is 24.7 Å². The number of nitrogens with two attached hydrogens (primary N) is 1. The lowest BCUT2D eigenvalue weighted by atomic mass is 10.0. The molecule has 1 saturated heterocycles. The molecule has 0 aromatic heterocycles. The first-order valence-corrected chi connectivity index (χ1v) is 8.65. The van der Waals surface area contributed by atoms with E-state index in [2.05, 4.69) is 22.9 Å². The van der Waals surface area contributed by atoms with E-state index in [1.54, 1.807) is 6.07 Å². The van der Waals surface area contributed by atoms with Crippen molar-refractivity contribution in [3.63, 3.8) is 0 Å². The third-order valence-corrected chi connectivity index (χ3v) is 6.47. The van der Waals surface area contributed by atoms with E-state index in [1.165, 1.54) is 16.4 Å². The average Bonchev–Trinajstić information content (AvgIpc) is 2.39.